The number of aromatic amines is 1. The third-order valence-electron chi connectivity index (χ3n) is 5.79. The van der Waals surface area contributed by atoms with Crippen molar-refractivity contribution >= 4 is 28.5 Å². The first kappa shape index (κ1) is 24.8. The predicted molar refractivity (Wildman–Crippen MR) is 140 cm³/mol. The van der Waals surface area contributed by atoms with Gasteiger partial charge < -0.3 is 20.1 Å². The minimum Gasteiger partial charge on any atom is -0.489 e. The van der Waals surface area contributed by atoms with Crippen LogP contribution in [-0.2, 0) is 6.42 Å². The van der Waals surface area contributed by atoms with Crippen LogP contribution in [0.3, 0.4) is 0 Å². The van der Waals surface area contributed by atoms with Crippen LogP contribution in [0.1, 0.15) is 41.8 Å². The van der Waals surface area contributed by atoms with E-state index in [9.17, 15) is 9.90 Å². The number of carbonyl (C=O) groups excluding carboxylic acids is 1. The molecule has 0 aliphatic rings. The van der Waals surface area contributed by atoms with E-state index in [0.29, 0.717) is 29.2 Å². The van der Waals surface area contributed by atoms with Gasteiger partial charge in [0.05, 0.1) is 22.2 Å². The molecule has 0 aliphatic heterocycles. The van der Waals surface area contributed by atoms with Crippen LogP contribution in [-0.4, -0.2) is 39.7 Å². The highest BCUT2D eigenvalue weighted by Crippen LogP contribution is 2.27. The Morgan fingerprint density at radius 2 is 1.91 bits per heavy atom. The quantitative estimate of drug-likeness (QED) is 0.280. The lowest BCUT2D eigenvalue weighted by Crippen LogP contribution is -2.37. The number of halogens is 1. The largest absolute Gasteiger partial charge is 0.489 e. The van der Waals surface area contributed by atoms with Gasteiger partial charge in [-0.25, -0.2) is 4.98 Å². The summed E-state index contributed by atoms with van der Waals surface area (Å²) in [6, 6.07) is 19.0. The summed E-state index contributed by atoms with van der Waals surface area (Å²) in [5.41, 5.74) is 5.61. The third-order valence-corrected chi connectivity index (χ3v) is 6.09. The van der Waals surface area contributed by atoms with Gasteiger partial charge in [0, 0.05) is 23.8 Å². The molecule has 4 rings (SSSR count). The maximum atomic E-state index is 12.9. The number of aliphatic hydroxyl groups is 1. The number of nitrogens with zero attached hydrogens (tertiary/aromatic N) is 1. The van der Waals surface area contributed by atoms with Crippen molar-refractivity contribution in [2.24, 2.45) is 0 Å². The van der Waals surface area contributed by atoms with Gasteiger partial charge in [0.1, 0.15) is 11.6 Å². The molecule has 0 saturated heterocycles. The van der Waals surface area contributed by atoms with Gasteiger partial charge in [0.25, 0.3) is 5.91 Å². The molecular formula is C28H30ClN3O3. The molecule has 0 unspecified atom stereocenters. The Morgan fingerprint density at radius 1 is 1.14 bits per heavy atom. The van der Waals surface area contributed by atoms with Crippen LogP contribution in [0, 0.1) is 6.92 Å². The standard InChI is InChI=1S/C28H30ClN3O3/c1-17(2)35-25-12-11-21(16-23(25)29)28(34)30-22(13-14-33)15-19-7-9-20(10-8-19)27-31-24-6-4-5-18(3)26(24)32-27/h4-12,16-17,22,33H,13-15H2,1-3H3,(H,30,34)(H,31,32)/t22-/m1/s1. The summed E-state index contributed by atoms with van der Waals surface area (Å²) in [6.45, 7) is 5.86. The van der Waals surface area contributed by atoms with Gasteiger partial charge in [-0.3, -0.25) is 4.79 Å². The summed E-state index contributed by atoms with van der Waals surface area (Å²) in [5, 5.41) is 13.0. The van der Waals surface area contributed by atoms with Crippen LogP contribution in [0.5, 0.6) is 5.75 Å². The highest BCUT2D eigenvalue weighted by molar-refractivity contribution is 6.32. The van der Waals surface area contributed by atoms with Crippen molar-refractivity contribution in [3.63, 3.8) is 0 Å². The number of hydrogen-bond donors (Lipinski definition) is 3. The minimum absolute atomic E-state index is 0.0107. The van der Waals surface area contributed by atoms with Gasteiger partial charge in [-0.2, -0.15) is 0 Å². The Labute approximate surface area is 210 Å². The first-order chi connectivity index (χ1) is 16.8. The molecule has 1 amide bonds. The van der Waals surface area contributed by atoms with Crippen LogP contribution >= 0.6 is 11.6 Å². The number of nitrogens with one attached hydrogen (secondary N) is 2. The molecule has 1 atom stereocenters. The van der Waals surface area contributed by atoms with Gasteiger partial charge in [-0.1, -0.05) is 48.0 Å². The van der Waals surface area contributed by atoms with Crippen LogP contribution in [0.2, 0.25) is 5.02 Å². The maximum absolute atomic E-state index is 12.9. The van der Waals surface area contributed by atoms with E-state index in [1.807, 2.05) is 63.2 Å². The van der Waals surface area contributed by atoms with E-state index in [1.54, 1.807) is 18.2 Å². The summed E-state index contributed by atoms with van der Waals surface area (Å²) in [6.07, 6.45) is 1.02. The average Bonchev–Trinajstić information content (AvgIpc) is 3.26. The molecule has 35 heavy (non-hydrogen) atoms. The zero-order valence-corrected chi connectivity index (χ0v) is 20.9. The molecule has 6 nitrogen and oxygen atoms in total. The molecule has 4 aromatic rings. The van der Waals surface area contributed by atoms with Crippen molar-refractivity contribution in [3.05, 3.63) is 82.4 Å². The summed E-state index contributed by atoms with van der Waals surface area (Å²) >= 11 is 6.29. The number of aryl methyl sites for hydroxylation is 1. The topological polar surface area (TPSA) is 87.2 Å². The van der Waals surface area contributed by atoms with E-state index in [4.69, 9.17) is 21.3 Å². The van der Waals surface area contributed by atoms with E-state index >= 15 is 0 Å². The SMILES string of the molecule is Cc1cccc2[nH]c(-c3ccc(C[C@@H](CCO)NC(=O)c4ccc(OC(C)C)c(Cl)c4)cc3)nc12. The van der Waals surface area contributed by atoms with Crippen molar-refractivity contribution in [1.82, 2.24) is 15.3 Å². The van der Waals surface area contributed by atoms with Gasteiger partial charge in [0.15, 0.2) is 0 Å². The predicted octanol–water partition coefficient (Wildman–Crippen LogP) is 5.70. The number of fused-ring (bicyclic) bond motifs is 1. The minimum atomic E-state index is -0.240. The zero-order chi connectivity index (χ0) is 24.9. The maximum Gasteiger partial charge on any atom is 0.251 e. The molecule has 3 aromatic carbocycles. The van der Waals surface area contributed by atoms with E-state index in [1.165, 1.54) is 0 Å². The number of carbonyl (C=O) groups is 1. The molecule has 0 spiro atoms. The fourth-order valence-electron chi connectivity index (χ4n) is 4.04. The molecule has 3 N–H and O–H groups in total. The molecule has 0 saturated carbocycles. The van der Waals surface area contributed by atoms with Crippen LogP contribution in [0.15, 0.2) is 60.7 Å². The summed E-state index contributed by atoms with van der Waals surface area (Å²) in [7, 11) is 0. The Hall–Kier alpha value is -3.35. The molecule has 0 aliphatic carbocycles. The van der Waals surface area contributed by atoms with Crippen molar-refractivity contribution in [1.29, 1.82) is 0 Å². The lowest BCUT2D eigenvalue weighted by atomic mass is 10.0. The highest BCUT2D eigenvalue weighted by atomic mass is 35.5. The number of para-hydroxylation sites is 1. The number of aliphatic hydroxyl groups excluding tert-OH is 1. The second-order valence-corrected chi connectivity index (χ2v) is 9.36. The number of rotatable bonds is 9. The lowest BCUT2D eigenvalue weighted by molar-refractivity contribution is 0.0930. The van der Waals surface area contributed by atoms with Crippen LogP contribution in [0.25, 0.3) is 22.4 Å². The van der Waals surface area contributed by atoms with Crippen molar-refractivity contribution < 1.29 is 14.6 Å². The second-order valence-electron chi connectivity index (χ2n) is 8.95. The lowest BCUT2D eigenvalue weighted by Gasteiger charge is -2.19. The summed E-state index contributed by atoms with van der Waals surface area (Å²) in [5.74, 6) is 1.13. The van der Waals surface area contributed by atoms with E-state index in [-0.39, 0.29) is 24.7 Å². The van der Waals surface area contributed by atoms with Gasteiger partial charge in [-0.05, 0) is 69.0 Å². The first-order valence-corrected chi connectivity index (χ1v) is 12.1. The Bertz CT molecular complexity index is 1320. The molecule has 1 heterocycles. The van der Waals surface area contributed by atoms with Gasteiger partial charge in [0.2, 0.25) is 0 Å². The number of hydrogen-bond acceptors (Lipinski definition) is 4. The molecule has 7 heteroatoms. The van der Waals surface area contributed by atoms with Gasteiger partial charge in [-0.15, -0.1) is 0 Å². The molecule has 0 radical (unpaired) electrons. The van der Waals surface area contributed by atoms with E-state index < -0.39 is 0 Å². The number of benzene rings is 3. The fourth-order valence-corrected chi connectivity index (χ4v) is 4.26. The summed E-state index contributed by atoms with van der Waals surface area (Å²) in [4.78, 5) is 21.0. The number of ether oxygens (including phenoxy) is 1. The molecule has 0 fully saturated rings. The highest BCUT2D eigenvalue weighted by Gasteiger charge is 2.16. The Morgan fingerprint density at radius 3 is 2.57 bits per heavy atom. The van der Waals surface area contributed by atoms with Crippen LogP contribution in [0.4, 0.5) is 0 Å². The van der Waals surface area contributed by atoms with Crippen molar-refractivity contribution in [3.8, 4) is 17.1 Å². The van der Waals surface area contributed by atoms with E-state index in [0.717, 1.165) is 33.5 Å². The number of aromatic nitrogens is 2. The first-order valence-electron chi connectivity index (χ1n) is 11.8. The smallest absolute Gasteiger partial charge is 0.251 e. The average molecular weight is 492 g/mol. The van der Waals surface area contributed by atoms with E-state index in [2.05, 4.69) is 10.3 Å². The molecule has 1 aromatic heterocycles. The molecule has 0 bridgehead atoms. The second kappa shape index (κ2) is 10.9. The number of H-pyrrole nitrogens is 1. The summed E-state index contributed by atoms with van der Waals surface area (Å²) < 4.78 is 5.64. The molecular weight excluding hydrogens is 462 g/mol. The van der Waals surface area contributed by atoms with Crippen LogP contribution < -0.4 is 10.1 Å². The zero-order valence-electron chi connectivity index (χ0n) is 20.1. The normalized spacial score (nSPS) is 12.2. The third kappa shape index (κ3) is 6.02. The van der Waals surface area contributed by atoms with Crippen molar-refractivity contribution in [2.45, 2.75) is 45.8 Å². The molecule has 182 valence electrons. The monoisotopic (exact) mass is 491 g/mol. The Kier molecular flexibility index (Phi) is 7.73. The van der Waals surface area contributed by atoms with Gasteiger partial charge >= 0.3 is 0 Å². The number of imidazole rings is 1. The van der Waals surface area contributed by atoms with Crippen molar-refractivity contribution in [2.75, 3.05) is 6.61 Å². The Balaban J connectivity index is 1.44. The fraction of sp³-hybridized carbons (Fsp3) is 0.286. The number of amides is 1.